The summed E-state index contributed by atoms with van der Waals surface area (Å²) < 4.78 is 29.3. The second-order valence-corrected chi connectivity index (χ2v) is 7.60. The average molecular weight is 300 g/mol. The maximum absolute atomic E-state index is 12.5. The molecule has 0 aliphatic heterocycles. The highest BCUT2D eigenvalue weighted by Crippen LogP contribution is 2.31. The number of sulfonamides is 1. The minimum atomic E-state index is -3.62. The van der Waals surface area contributed by atoms with E-state index in [-0.39, 0.29) is 16.9 Å². The van der Waals surface area contributed by atoms with Gasteiger partial charge in [0.15, 0.2) is 10.8 Å². The molecule has 0 saturated heterocycles. The summed E-state index contributed by atoms with van der Waals surface area (Å²) >= 11 is 0. The van der Waals surface area contributed by atoms with Gasteiger partial charge in [-0.2, -0.15) is 0 Å². The van der Waals surface area contributed by atoms with Crippen LogP contribution in [0, 0.1) is 11.8 Å². The maximum atomic E-state index is 12.5. The number of nitrogen functional groups attached to an aromatic ring is 1. The molecule has 1 aromatic rings. The van der Waals surface area contributed by atoms with E-state index in [1.54, 1.807) is 7.05 Å². The Bertz CT molecular complexity index is 545. The summed E-state index contributed by atoms with van der Waals surface area (Å²) in [6, 6.07) is -0.0111. The van der Waals surface area contributed by atoms with Crippen molar-refractivity contribution in [2.75, 3.05) is 5.73 Å². The molecule has 1 fully saturated rings. The highest BCUT2D eigenvalue weighted by Gasteiger charge is 2.33. The molecule has 7 heteroatoms. The van der Waals surface area contributed by atoms with Crippen LogP contribution in [-0.4, -0.2) is 24.0 Å². The molecule has 2 rings (SSSR count). The Balaban J connectivity index is 2.23. The first-order valence-corrected chi connectivity index (χ1v) is 8.60. The number of nitrogens with one attached hydrogen (secondary N) is 1. The molecule has 1 aromatic heterocycles. The van der Waals surface area contributed by atoms with Gasteiger partial charge in [-0.15, -0.1) is 0 Å². The highest BCUT2D eigenvalue weighted by atomic mass is 32.2. The second kappa shape index (κ2) is 5.73. The van der Waals surface area contributed by atoms with E-state index in [1.165, 1.54) is 17.3 Å². The van der Waals surface area contributed by atoms with Gasteiger partial charge in [0.1, 0.15) is 0 Å². The Labute approximate surface area is 120 Å². The van der Waals surface area contributed by atoms with Crippen molar-refractivity contribution in [1.82, 2.24) is 14.3 Å². The Morgan fingerprint density at radius 3 is 2.60 bits per heavy atom. The number of nitrogens with two attached hydrogens (primary N) is 1. The summed E-state index contributed by atoms with van der Waals surface area (Å²) in [7, 11) is -1.98. The highest BCUT2D eigenvalue weighted by molar-refractivity contribution is 7.89. The minimum Gasteiger partial charge on any atom is -0.381 e. The smallest absolute Gasteiger partial charge is 0.260 e. The molecule has 3 N–H and O–H groups in total. The largest absolute Gasteiger partial charge is 0.381 e. The van der Waals surface area contributed by atoms with Crippen LogP contribution >= 0.6 is 0 Å². The van der Waals surface area contributed by atoms with Gasteiger partial charge in [0.25, 0.3) is 10.0 Å². The normalized spacial score (nSPS) is 24.2. The molecule has 114 valence electrons. The van der Waals surface area contributed by atoms with Gasteiger partial charge < -0.3 is 10.3 Å². The number of rotatable bonds is 4. The van der Waals surface area contributed by atoms with E-state index in [2.05, 4.69) is 23.6 Å². The fourth-order valence-electron chi connectivity index (χ4n) is 3.12. The van der Waals surface area contributed by atoms with E-state index >= 15 is 0 Å². The first kappa shape index (κ1) is 15.3. The van der Waals surface area contributed by atoms with Crippen LogP contribution in [0.1, 0.15) is 39.5 Å². The Kier molecular flexibility index (Phi) is 4.39. The van der Waals surface area contributed by atoms with Gasteiger partial charge in [0.2, 0.25) is 0 Å². The lowest BCUT2D eigenvalue weighted by Gasteiger charge is -2.34. The van der Waals surface area contributed by atoms with Crippen molar-refractivity contribution in [1.29, 1.82) is 0 Å². The summed E-state index contributed by atoms with van der Waals surface area (Å²) in [5, 5.41) is 0.0607. The topological polar surface area (TPSA) is 90.0 Å². The van der Waals surface area contributed by atoms with Crippen LogP contribution in [0.3, 0.4) is 0 Å². The average Bonchev–Trinajstić information content (AvgIpc) is 2.69. The van der Waals surface area contributed by atoms with Gasteiger partial charge in [-0.25, -0.2) is 18.1 Å². The SMILES string of the molecule is CC(C)C1CCCCC1NS(=O)(=O)c1c(N)ncn1C. The Morgan fingerprint density at radius 1 is 1.40 bits per heavy atom. The zero-order valence-electron chi connectivity index (χ0n) is 12.3. The lowest BCUT2D eigenvalue weighted by Crippen LogP contribution is -2.44. The van der Waals surface area contributed by atoms with E-state index in [1.807, 2.05) is 0 Å². The van der Waals surface area contributed by atoms with Crippen LogP contribution in [-0.2, 0) is 17.1 Å². The van der Waals surface area contributed by atoms with Crippen LogP contribution < -0.4 is 10.5 Å². The van der Waals surface area contributed by atoms with Crippen LogP contribution in [0.25, 0.3) is 0 Å². The lowest BCUT2D eigenvalue weighted by molar-refractivity contribution is 0.226. The monoisotopic (exact) mass is 300 g/mol. The number of hydrogen-bond donors (Lipinski definition) is 2. The fourth-order valence-corrected chi connectivity index (χ4v) is 4.68. The standard InChI is InChI=1S/C13H24N4O2S/c1-9(2)10-6-4-5-7-11(10)16-20(18,19)13-12(14)15-8-17(13)3/h8-11,16H,4-7,14H2,1-3H3. The summed E-state index contributed by atoms with van der Waals surface area (Å²) in [5.74, 6) is 0.900. The van der Waals surface area contributed by atoms with Gasteiger partial charge in [-0.05, 0) is 24.7 Å². The van der Waals surface area contributed by atoms with Gasteiger partial charge in [0.05, 0.1) is 6.33 Å². The molecular formula is C13H24N4O2S. The number of aromatic nitrogens is 2. The molecule has 0 bridgehead atoms. The number of hydrogen-bond acceptors (Lipinski definition) is 4. The number of nitrogens with zero attached hydrogens (tertiary/aromatic N) is 2. The third-order valence-corrected chi connectivity index (χ3v) is 5.77. The molecule has 1 aliphatic rings. The summed E-state index contributed by atoms with van der Waals surface area (Å²) in [6.07, 6.45) is 5.63. The molecule has 1 saturated carbocycles. The quantitative estimate of drug-likeness (QED) is 0.881. The first-order chi connectivity index (χ1) is 9.33. The van der Waals surface area contributed by atoms with Crippen molar-refractivity contribution in [3.8, 4) is 0 Å². The van der Waals surface area contributed by atoms with E-state index in [0.717, 1.165) is 19.3 Å². The molecule has 20 heavy (non-hydrogen) atoms. The molecule has 0 amide bonds. The summed E-state index contributed by atoms with van der Waals surface area (Å²) in [5.41, 5.74) is 5.68. The van der Waals surface area contributed by atoms with Crippen molar-refractivity contribution < 1.29 is 8.42 Å². The second-order valence-electron chi connectivity index (χ2n) is 5.97. The molecule has 0 aromatic carbocycles. The number of anilines is 1. The lowest BCUT2D eigenvalue weighted by atomic mass is 9.78. The van der Waals surface area contributed by atoms with E-state index in [9.17, 15) is 8.42 Å². The van der Waals surface area contributed by atoms with Gasteiger partial charge in [-0.3, -0.25) is 0 Å². The summed E-state index contributed by atoms with van der Waals surface area (Å²) in [4.78, 5) is 3.85. The number of aryl methyl sites for hydroxylation is 1. The van der Waals surface area contributed by atoms with Gasteiger partial charge >= 0.3 is 0 Å². The molecule has 1 heterocycles. The van der Waals surface area contributed by atoms with Crippen LogP contribution in [0.5, 0.6) is 0 Å². The van der Waals surface area contributed by atoms with E-state index < -0.39 is 10.0 Å². The van der Waals surface area contributed by atoms with Crippen molar-refractivity contribution in [3.63, 3.8) is 0 Å². The third kappa shape index (κ3) is 2.98. The molecule has 6 nitrogen and oxygen atoms in total. The van der Waals surface area contributed by atoms with Crippen molar-refractivity contribution in [3.05, 3.63) is 6.33 Å². The summed E-state index contributed by atoms with van der Waals surface area (Å²) in [6.45, 7) is 4.30. The predicted molar refractivity (Wildman–Crippen MR) is 78.5 cm³/mol. The minimum absolute atomic E-state index is 0.0111. The van der Waals surface area contributed by atoms with Crippen LogP contribution in [0.4, 0.5) is 5.82 Å². The molecule has 0 radical (unpaired) electrons. The molecule has 2 atom stereocenters. The van der Waals surface area contributed by atoms with Crippen LogP contribution in [0.2, 0.25) is 0 Å². The zero-order chi connectivity index (χ0) is 14.9. The van der Waals surface area contributed by atoms with Crippen molar-refractivity contribution in [2.45, 2.75) is 50.6 Å². The Morgan fingerprint density at radius 2 is 2.05 bits per heavy atom. The maximum Gasteiger partial charge on any atom is 0.260 e. The molecule has 0 spiro atoms. The van der Waals surface area contributed by atoms with Gasteiger partial charge in [-0.1, -0.05) is 26.7 Å². The molecule has 2 unspecified atom stereocenters. The number of imidazole rings is 1. The zero-order valence-corrected chi connectivity index (χ0v) is 13.2. The molecular weight excluding hydrogens is 276 g/mol. The van der Waals surface area contributed by atoms with Crippen molar-refractivity contribution >= 4 is 15.8 Å². The Hall–Kier alpha value is -1.08. The fraction of sp³-hybridized carbons (Fsp3) is 0.769. The predicted octanol–water partition coefficient (Wildman–Crippen LogP) is 1.50. The van der Waals surface area contributed by atoms with Crippen molar-refractivity contribution in [2.24, 2.45) is 18.9 Å². The van der Waals surface area contributed by atoms with Crippen LogP contribution in [0.15, 0.2) is 11.4 Å². The van der Waals surface area contributed by atoms with E-state index in [0.29, 0.717) is 11.8 Å². The van der Waals surface area contributed by atoms with E-state index in [4.69, 9.17) is 5.73 Å². The molecule has 1 aliphatic carbocycles. The first-order valence-electron chi connectivity index (χ1n) is 7.12. The third-order valence-electron chi connectivity index (χ3n) is 4.15. The van der Waals surface area contributed by atoms with Gasteiger partial charge in [0, 0.05) is 13.1 Å².